The summed E-state index contributed by atoms with van der Waals surface area (Å²) in [7, 11) is 0. The van der Waals surface area contributed by atoms with Gasteiger partial charge in [-0.3, -0.25) is 19.7 Å². The Bertz CT molecular complexity index is 1570. The topological polar surface area (TPSA) is 164 Å². The van der Waals surface area contributed by atoms with Crippen molar-refractivity contribution in [3.05, 3.63) is 104 Å². The molecule has 0 radical (unpaired) electrons. The minimum atomic E-state index is -0.821. The van der Waals surface area contributed by atoms with Gasteiger partial charge in [0.1, 0.15) is 18.1 Å². The lowest BCUT2D eigenvalue weighted by Crippen LogP contribution is -2.20. The minimum absolute atomic E-state index is 0.0103. The van der Waals surface area contributed by atoms with E-state index in [4.69, 9.17) is 31.2 Å². The van der Waals surface area contributed by atoms with E-state index in [1.165, 1.54) is 12.1 Å². The molecule has 12 nitrogen and oxygen atoms in total. The third-order valence-electron chi connectivity index (χ3n) is 5.61. The summed E-state index contributed by atoms with van der Waals surface area (Å²) in [5, 5.41) is 15.0. The molecule has 2 amide bonds. The lowest BCUT2D eigenvalue weighted by molar-refractivity contribution is -0.385. The summed E-state index contributed by atoms with van der Waals surface area (Å²) in [5.74, 6) is -0.728. The van der Waals surface area contributed by atoms with E-state index in [1.54, 1.807) is 6.07 Å². The minimum Gasteiger partial charge on any atom is -0.486 e. The fraction of sp³-hybridized carbons (Fsp3) is 0.148. The second-order valence-electron chi connectivity index (χ2n) is 8.56. The van der Waals surface area contributed by atoms with Crippen LogP contribution in [-0.2, 0) is 11.4 Å². The Hall–Kier alpha value is -5.10. The number of nitro benzene ring substituents is 1. The lowest BCUT2D eigenvalue weighted by Gasteiger charge is -2.10. The Morgan fingerprint density at radius 1 is 1.10 bits per heavy atom. The van der Waals surface area contributed by atoms with Gasteiger partial charge in [0.2, 0.25) is 5.75 Å². The fourth-order valence-electron chi connectivity index (χ4n) is 3.82. The van der Waals surface area contributed by atoms with Gasteiger partial charge in [0.05, 0.1) is 16.2 Å². The lowest BCUT2D eigenvalue weighted by atomic mass is 10.2. The Balaban J connectivity index is 1.34. The number of ether oxygens (including phenoxy) is 2. The van der Waals surface area contributed by atoms with Gasteiger partial charge >= 0.3 is 11.6 Å². The Morgan fingerprint density at radius 3 is 2.45 bits per heavy atom. The van der Waals surface area contributed by atoms with Gasteiger partial charge in [0.15, 0.2) is 12.4 Å². The molecule has 13 heteroatoms. The molecular weight excluding hydrogens is 542 g/mol. The van der Waals surface area contributed by atoms with Crippen LogP contribution in [0.15, 0.2) is 70.2 Å². The molecule has 2 aromatic carbocycles. The summed E-state index contributed by atoms with van der Waals surface area (Å²) < 4.78 is 18.5. The molecule has 0 saturated carbocycles. The van der Waals surface area contributed by atoms with Crippen LogP contribution < -0.4 is 20.6 Å². The van der Waals surface area contributed by atoms with E-state index < -0.39 is 29.0 Å². The zero-order valence-electron chi connectivity index (χ0n) is 21.4. The van der Waals surface area contributed by atoms with Crippen molar-refractivity contribution < 1.29 is 28.4 Å². The van der Waals surface area contributed by atoms with Crippen LogP contribution in [-0.4, -0.2) is 34.1 Å². The van der Waals surface area contributed by atoms with Gasteiger partial charge in [-0.25, -0.2) is 5.43 Å². The first-order valence-electron chi connectivity index (χ1n) is 11.8. The summed E-state index contributed by atoms with van der Waals surface area (Å²) in [5.41, 5.74) is 10.3. The Kier molecular flexibility index (Phi) is 8.50. The summed E-state index contributed by atoms with van der Waals surface area (Å²) in [6.45, 7) is 3.60. The van der Waals surface area contributed by atoms with Crippen molar-refractivity contribution in [3.63, 3.8) is 0 Å². The van der Waals surface area contributed by atoms with Gasteiger partial charge < -0.3 is 24.2 Å². The molecule has 0 spiro atoms. The molecule has 0 aliphatic rings. The number of carbonyl (C=O) groups excluding carboxylic acids is 2. The molecular formula is C27H24ClN5O7. The predicted octanol–water partition coefficient (Wildman–Crippen LogP) is 4.46. The van der Waals surface area contributed by atoms with E-state index in [9.17, 15) is 19.7 Å². The molecule has 0 unspecified atom stereocenters. The maximum Gasteiger partial charge on any atom is 0.313 e. The van der Waals surface area contributed by atoms with Crippen LogP contribution in [0.5, 0.6) is 11.5 Å². The number of halogens is 1. The molecule has 4 aromatic rings. The molecule has 2 aromatic heterocycles. The van der Waals surface area contributed by atoms with E-state index in [0.717, 1.165) is 29.4 Å². The maximum atomic E-state index is 12.4. The molecule has 3 N–H and O–H groups in total. The third-order valence-corrected chi connectivity index (χ3v) is 5.89. The number of carbonyl (C=O) groups is 2. The molecule has 0 atom stereocenters. The largest absolute Gasteiger partial charge is 0.486 e. The summed E-state index contributed by atoms with van der Waals surface area (Å²) in [4.78, 5) is 34.0. The zero-order chi connectivity index (χ0) is 28.8. The Morgan fingerprint density at radius 2 is 1.80 bits per heavy atom. The van der Waals surface area contributed by atoms with Crippen LogP contribution in [0.25, 0.3) is 5.69 Å². The zero-order valence-corrected chi connectivity index (χ0v) is 22.2. The maximum absolute atomic E-state index is 12.4. The number of aryl methyl sites for hydroxylation is 2. The van der Waals surface area contributed by atoms with E-state index in [2.05, 4.69) is 27.2 Å². The van der Waals surface area contributed by atoms with Crippen LogP contribution in [0, 0.1) is 24.0 Å². The van der Waals surface area contributed by atoms with Crippen molar-refractivity contribution in [3.8, 4) is 17.2 Å². The fourth-order valence-corrected chi connectivity index (χ4v) is 4.09. The third kappa shape index (κ3) is 6.66. The van der Waals surface area contributed by atoms with E-state index in [-0.39, 0.29) is 28.7 Å². The summed E-state index contributed by atoms with van der Waals surface area (Å²) in [6, 6.07) is 17.2. The molecule has 0 aliphatic heterocycles. The number of aromatic nitrogens is 1. The SMILES string of the molecule is Cc1ccc(C)n1-c1ccc(OCc2ccc(C(=O)N/N=C/c3cc(Cl)c(OCC(N)=O)c([N+](=O)[O-])c3)o2)cc1. The summed E-state index contributed by atoms with van der Waals surface area (Å²) >= 11 is 6.06. The Labute approximate surface area is 233 Å². The normalized spacial score (nSPS) is 11.0. The summed E-state index contributed by atoms with van der Waals surface area (Å²) in [6.07, 6.45) is 1.15. The predicted molar refractivity (Wildman–Crippen MR) is 146 cm³/mol. The highest BCUT2D eigenvalue weighted by Gasteiger charge is 2.21. The highest BCUT2D eigenvalue weighted by molar-refractivity contribution is 6.32. The van der Waals surface area contributed by atoms with Gasteiger partial charge in [0, 0.05) is 28.7 Å². The van der Waals surface area contributed by atoms with E-state index in [1.807, 2.05) is 38.1 Å². The van der Waals surface area contributed by atoms with Gasteiger partial charge in [-0.15, -0.1) is 0 Å². The number of nitrogens with one attached hydrogen (secondary N) is 1. The average molecular weight is 566 g/mol. The molecule has 0 bridgehead atoms. The number of amides is 2. The number of benzene rings is 2. The molecule has 4 rings (SSSR count). The average Bonchev–Trinajstić information content (AvgIpc) is 3.53. The standard InChI is InChI=1S/C27H24ClN5O7/c1-16-3-4-17(2)32(16)19-5-7-20(8-6-19)38-14-21-9-10-24(40-21)27(35)31-30-13-18-11-22(28)26(39-15-25(29)34)23(12-18)33(36)37/h3-13H,14-15H2,1-2H3,(H2,29,34)(H,31,35)/b30-13+. The number of nitrogens with zero attached hydrogens (tertiary/aromatic N) is 3. The van der Waals surface area contributed by atoms with Crippen LogP contribution in [0.2, 0.25) is 5.02 Å². The number of furan rings is 1. The van der Waals surface area contributed by atoms with Gasteiger partial charge in [-0.05, 0) is 68.4 Å². The van der Waals surface area contributed by atoms with Crippen LogP contribution >= 0.6 is 11.6 Å². The van der Waals surface area contributed by atoms with E-state index in [0.29, 0.717) is 11.5 Å². The van der Waals surface area contributed by atoms with Crippen molar-refractivity contribution in [1.82, 2.24) is 9.99 Å². The number of primary amides is 1. The van der Waals surface area contributed by atoms with Gasteiger partial charge in [-0.2, -0.15) is 5.10 Å². The molecule has 0 aliphatic carbocycles. The van der Waals surface area contributed by atoms with E-state index >= 15 is 0 Å². The highest BCUT2D eigenvalue weighted by atomic mass is 35.5. The number of hydrazone groups is 1. The number of hydrogen-bond acceptors (Lipinski definition) is 8. The second-order valence-corrected chi connectivity index (χ2v) is 8.97. The monoisotopic (exact) mass is 565 g/mol. The first-order chi connectivity index (χ1) is 19.1. The quantitative estimate of drug-likeness (QED) is 0.154. The second kappa shape index (κ2) is 12.2. The van der Waals surface area contributed by atoms with Gasteiger partial charge in [0.25, 0.3) is 5.91 Å². The highest BCUT2D eigenvalue weighted by Crippen LogP contribution is 2.35. The van der Waals surface area contributed by atoms with Gasteiger partial charge in [-0.1, -0.05) is 11.6 Å². The molecule has 40 heavy (non-hydrogen) atoms. The van der Waals surface area contributed by atoms with Crippen LogP contribution in [0.4, 0.5) is 5.69 Å². The number of nitrogens with two attached hydrogens (primary N) is 1. The first kappa shape index (κ1) is 27.9. The number of nitro groups is 1. The van der Waals surface area contributed by atoms with Crippen molar-refractivity contribution in [1.29, 1.82) is 0 Å². The molecule has 0 fully saturated rings. The number of hydrogen-bond donors (Lipinski definition) is 2. The van der Waals surface area contributed by atoms with Crippen molar-refractivity contribution in [2.45, 2.75) is 20.5 Å². The number of rotatable bonds is 11. The van der Waals surface area contributed by atoms with Crippen molar-refractivity contribution in [2.75, 3.05) is 6.61 Å². The van der Waals surface area contributed by atoms with Crippen LogP contribution in [0.1, 0.15) is 33.3 Å². The van der Waals surface area contributed by atoms with Crippen molar-refractivity contribution in [2.24, 2.45) is 10.8 Å². The smallest absolute Gasteiger partial charge is 0.313 e. The van der Waals surface area contributed by atoms with Crippen molar-refractivity contribution >= 4 is 35.3 Å². The molecule has 0 saturated heterocycles. The molecule has 206 valence electrons. The first-order valence-corrected chi connectivity index (χ1v) is 12.2. The molecule has 2 heterocycles. The van der Waals surface area contributed by atoms with Crippen LogP contribution in [0.3, 0.4) is 0 Å².